The Labute approximate surface area is 113 Å². The first-order valence-corrected chi connectivity index (χ1v) is 7.36. The number of rotatable bonds is 4. The van der Waals surface area contributed by atoms with Crippen LogP contribution in [0.4, 0.5) is 0 Å². The summed E-state index contributed by atoms with van der Waals surface area (Å²) in [4.78, 5) is 0. The van der Waals surface area contributed by atoms with Gasteiger partial charge in [-0.15, -0.1) is 0 Å². The van der Waals surface area contributed by atoms with Crippen molar-refractivity contribution >= 4 is 15.9 Å². The predicted octanol–water partition coefficient (Wildman–Crippen LogP) is 4.89. The van der Waals surface area contributed by atoms with Crippen molar-refractivity contribution in [2.45, 2.75) is 45.6 Å². The maximum atomic E-state index is 5.91. The highest BCUT2D eigenvalue weighted by Gasteiger charge is 2.20. The van der Waals surface area contributed by atoms with E-state index in [2.05, 4.69) is 48.0 Å². The summed E-state index contributed by atoms with van der Waals surface area (Å²) in [7, 11) is 0. The molecule has 0 bridgehead atoms. The molecule has 1 aliphatic heterocycles. The lowest BCUT2D eigenvalue weighted by Crippen LogP contribution is -2.16. The number of halogens is 1. The number of ether oxygens (including phenoxy) is 1. The molecule has 1 nitrogen and oxygen atoms in total. The standard InChI is InChI=1S/C15H21BrO/c1-11(2)4-3-5-15-14-7-6-13(16)10-12(14)8-9-17-15/h6-7,10-11,15H,3-5,8-9H2,1-2H3. The number of hydrogen-bond acceptors (Lipinski definition) is 1. The van der Waals surface area contributed by atoms with Gasteiger partial charge in [0.25, 0.3) is 0 Å². The maximum absolute atomic E-state index is 5.91. The van der Waals surface area contributed by atoms with Gasteiger partial charge in [-0.05, 0) is 42.0 Å². The highest BCUT2D eigenvalue weighted by molar-refractivity contribution is 9.10. The Hall–Kier alpha value is -0.340. The molecule has 0 saturated carbocycles. The molecule has 94 valence electrons. The largest absolute Gasteiger partial charge is 0.373 e. The molecular weight excluding hydrogens is 276 g/mol. The van der Waals surface area contributed by atoms with Crippen molar-refractivity contribution in [2.75, 3.05) is 6.61 Å². The van der Waals surface area contributed by atoms with Crippen LogP contribution in [0.2, 0.25) is 0 Å². The van der Waals surface area contributed by atoms with Gasteiger partial charge in [0.2, 0.25) is 0 Å². The van der Waals surface area contributed by atoms with Gasteiger partial charge in [-0.2, -0.15) is 0 Å². The van der Waals surface area contributed by atoms with Crippen molar-refractivity contribution in [3.8, 4) is 0 Å². The van der Waals surface area contributed by atoms with E-state index in [0.29, 0.717) is 6.10 Å². The van der Waals surface area contributed by atoms with Crippen LogP contribution in [0.1, 0.15) is 50.3 Å². The van der Waals surface area contributed by atoms with Gasteiger partial charge in [0.1, 0.15) is 0 Å². The molecule has 0 radical (unpaired) electrons. The molecule has 0 N–H and O–H groups in total. The second-order valence-corrected chi connectivity index (χ2v) is 6.19. The topological polar surface area (TPSA) is 9.23 Å². The minimum Gasteiger partial charge on any atom is -0.373 e. The Morgan fingerprint density at radius 3 is 3.00 bits per heavy atom. The first-order valence-electron chi connectivity index (χ1n) is 6.56. The van der Waals surface area contributed by atoms with Crippen LogP contribution in [0, 0.1) is 5.92 Å². The summed E-state index contributed by atoms with van der Waals surface area (Å²) in [6, 6.07) is 6.59. The van der Waals surface area contributed by atoms with Crippen molar-refractivity contribution in [1.29, 1.82) is 0 Å². The third-order valence-electron chi connectivity index (χ3n) is 3.39. The fourth-order valence-corrected chi connectivity index (χ4v) is 2.86. The van der Waals surface area contributed by atoms with Crippen LogP contribution in [0.15, 0.2) is 22.7 Å². The summed E-state index contributed by atoms with van der Waals surface area (Å²) in [5.41, 5.74) is 2.86. The SMILES string of the molecule is CC(C)CCCC1OCCc2cc(Br)ccc21. The molecule has 1 unspecified atom stereocenters. The molecule has 1 atom stereocenters. The smallest absolute Gasteiger partial charge is 0.0827 e. The third kappa shape index (κ3) is 3.56. The van der Waals surface area contributed by atoms with E-state index in [-0.39, 0.29) is 0 Å². The van der Waals surface area contributed by atoms with Gasteiger partial charge in [0.15, 0.2) is 0 Å². The Balaban J connectivity index is 2.02. The Morgan fingerprint density at radius 2 is 2.24 bits per heavy atom. The first kappa shape index (κ1) is 13.1. The number of hydrogen-bond donors (Lipinski definition) is 0. The van der Waals surface area contributed by atoms with Gasteiger partial charge in [-0.25, -0.2) is 0 Å². The lowest BCUT2D eigenvalue weighted by molar-refractivity contribution is 0.0343. The van der Waals surface area contributed by atoms with E-state index >= 15 is 0 Å². The molecule has 17 heavy (non-hydrogen) atoms. The van der Waals surface area contributed by atoms with Crippen LogP contribution in [0.25, 0.3) is 0 Å². The van der Waals surface area contributed by atoms with Crippen molar-refractivity contribution in [1.82, 2.24) is 0 Å². The maximum Gasteiger partial charge on any atom is 0.0827 e. The van der Waals surface area contributed by atoms with E-state index in [1.165, 1.54) is 28.4 Å². The van der Waals surface area contributed by atoms with E-state index in [1.807, 2.05) is 0 Å². The molecular formula is C15H21BrO. The second-order valence-electron chi connectivity index (χ2n) is 5.28. The van der Waals surface area contributed by atoms with E-state index in [4.69, 9.17) is 4.74 Å². The van der Waals surface area contributed by atoms with Crippen LogP contribution >= 0.6 is 15.9 Å². The summed E-state index contributed by atoms with van der Waals surface area (Å²) in [5.74, 6) is 0.794. The third-order valence-corrected chi connectivity index (χ3v) is 3.88. The van der Waals surface area contributed by atoms with Crippen LogP contribution in [0.3, 0.4) is 0 Å². The van der Waals surface area contributed by atoms with Crippen molar-refractivity contribution in [2.24, 2.45) is 5.92 Å². The molecule has 0 spiro atoms. The molecule has 0 saturated heterocycles. The van der Waals surface area contributed by atoms with Crippen LogP contribution in [-0.2, 0) is 11.2 Å². The van der Waals surface area contributed by atoms with Crippen molar-refractivity contribution in [3.05, 3.63) is 33.8 Å². The summed E-state index contributed by atoms with van der Waals surface area (Å²) in [6.07, 6.45) is 5.09. The normalized spacial score (nSPS) is 19.4. The molecule has 2 heteroatoms. The fourth-order valence-electron chi connectivity index (χ4n) is 2.46. The van der Waals surface area contributed by atoms with E-state index in [0.717, 1.165) is 25.4 Å². The molecule has 0 aliphatic carbocycles. The lowest BCUT2D eigenvalue weighted by Gasteiger charge is -2.26. The lowest BCUT2D eigenvalue weighted by atomic mass is 9.93. The Bertz CT molecular complexity index is 373. The second kappa shape index (κ2) is 6.01. The zero-order chi connectivity index (χ0) is 12.3. The Morgan fingerprint density at radius 1 is 1.41 bits per heavy atom. The minimum atomic E-state index is 0.325. The molecule has 0 aromatic heterocycles. The van der Waals surface area contributed by atoms with Gasteiger partial charge in [-0.3, -0.25) is 0 Å². The zero-order valence-electron chi connectivity index (χ0n) is 10.7. The van der Waals surface area contributed by atoms with Gasteiger partial charge in [0.05, 0.1) is 12.7 Å². The molecule has 2 rings (SSSR count). The fraction of sp³-hybridized carbons (Fsp3) is 0.600. The van der Waals surface area contributed by atoms with Crippen LogP contribution in [-0.4, -0.2) is 6.61 Å². The van der Waals surface area contributed by atoms with E-state index in [1.54, 1.807) is 0 Å². The van der Waals surface area contributed by atoms with Crippen LogP contribution in [0.5, 0.6) is 0 Å². The van der Waals surface area contributed by atoms with Crippen LogP contribution < -0.4 is 0 Å². The molecule has 1 aromatic rings. The van der Waals surface area contributed by atoms with Gasteiger partial charge in [0, 0.05) is 4.47 Å². The minimum absolute atomic E-state index is 0.325. The van der Waals surface area contributed by atoms with Crippen molar-refractivity contribution < 1.29 is 4.74 Å². The quantitative estimate of drug-likeness (QED) is 0.769. The van der Waals surface area contributed by atoms with Gasteiger partial charge >= 0.3 is 0 Å². The van der Waals surface area contributed by atoms with Gasteiger partial charge in [-0.1, -0.05) is 48.7 Å². The predicted molar refractivity (Wildman–Crippen MR) is 75.2 cm³/mol. The highest BCUT2D eigenvalue weighted by Crippen LogP contribution is 2.32. The summed E-state index contributed by atoms with van der Waals surface area (Å²) in [5, 5.41) is 0. The summed E-state index contributed by atoms with van der Waals surface area (Å²) < 4.78 is 7.09. The first-order chi connectivity index (χ1) is 8.16. The van der Waals surface area contributed by atoms with E-state index < -0.39 is 0 Å². The molecule has 1 heterocycles. The molecule has 1 aromatic carbocycles. The molecule has 1 aliphatic rings. The Kier molecular flexibility index (Phi) is 4.63. The average molecular weight is 297 g/mol. The number of benzene rings is 1. The van der Waals surface area contributed by atoms with Gasteiger partial charge < -0.3 is 4.74 Å². The molecule has 0 fully saturated rings. The van der Waals surface area contributed by atoms with Crippen molar-refractivity contribution in [3.63, 3.8) is 0 Å². The molecule has 0 amide bonds. The van der Waals surface area contributed by atoms with E-state index in [9.17, 15) is 0 Å². The summed E-state index contributed by atoms with van der Waals surface area (Å²) in [6.45, 7) is 5.44. The zero-order valence-corrected chi connectivity index (χ0v) is 12.3. The average Bonchev–Trinajstić information content (AvgIpc) is 2.28. The number of fused-ring (bicyclic) bond motifs is 1. The highest BCUT2D eigenvalue weighted by atomic mass is 79.9. The monoisotopic (exact) mass is 296 g/mol. The summed E-state index contributed by atoms with van der Waals surface area (Å²) >= 11 is 3.54.